The maximum atomic E-state index is 6.27. The second-order valence-electron chi connectivity index (χ2n) is 13.6. The van der Waals surface area contributed by atoms with Gasteiger partial charge in [0.05, 0.1) is 0 Å². The summed E-state index contributed by atoms with van der Waals surface area (Å²) in [7, 11) is 0. The lowest BCUT2D eigenvalue weighted by molar-refractivity contribution is 0.669. The van der Waals surface area contributed by atoms with Gasteiger partial charge in [-0.2, -0.15) is 0 Å². The Hall–Kier alpha value is -6.95. The largest absolute Gasteiger partial charge is 0.456 e. The summed E-state index contributed by atoms with van der Waals surface area (Å²) in [6, 6.07) is 61.6. The molecule has 11 rings (SSSR count). The number of hydrogen-bond donors (Lipinski definition) is 0. The first-order valence-electron chi connectivity index (χ1n) is 18.0. The van der Waals surface area contributed by atoms with E-state index in [1.807, 2.05) is 41.7 Å². The average Bonchev–Trinajstić information content (AvgIpc) is 3.82. The summed E-state index contributed by atoms with van der Waals surface area (Å²) < 4.78 is 8.88. The SMILES string of the molecule is c1ccc(-c2ccc(-c3nc(-c4ccc5c(-c6cccc7c6sc6ccccc67)cccc5c4)nc(-c4ccc5c(c4)oc4ccccc45)n3)cc2)cc1. The number of aromatic nitrogens is 3. The molecular formula is C49H29N3OS. The Morgan fingerprint density at radius 3 is 1.76 bits per heavy atom. The molecule has 0 radical (unpaired) electrons. The van der Waals surface area contributed by atoms with Crippen LogP contribution in [0.15, 0.2) is 180 Å². The molecule has 3 aromatic heterocycles. The minimum atomic E-state index is 0.592. The second-order valence-corrected chi connectivity index (χ2v) is 14.6. The highest BCUT2D eigenvalue weighted by molar-refractivity contribution is 7.26. The third kappa shape index (κ3) is 5.09. The molecular weight excluding hydrogens is 679 g/mol. The molecule has 0 unspecified atom stereocenters. The van der Waals surface area contributed by atoms with E-state index in [1.54, 1.807) is 0 Å². The Labute approximate surface area is 314 Å². The molecule has 0 amide bonds. The Morgan fingerprint density at radius 1 is 0.352 bits per heavy atom. The van der Waals surface area contributed by atoms with E-state index in [-0.39, 0.29) is 0 Å². The third-order valence-electron chi connectivity index (χ3n) is 10.4. The van der Waals surface area contributed by atoms with Gasteiger partial charge in [0.2, 0.25) is 0 Å². The molecule has 252 valence electrons. The standard InChI is InChI=1S/C49H29N3OS/c1-2-10-30(11-3-1)31-20-22-32(23-21-31)47-50-48(52-49(51-47)35-25-27-39-38-13-4-6-18-43(38)53-44(39)29-35)34-24-26-36-33(28-34)12-8-15-37(36)41-16-9-17-42-40-14-5-7-19-45(40)54-46(41)42/h1-29H. The van der Waals surface area contributed by atoms with E-state index < -0.39 is 0 Å². The molecule has 11 aromatic rings. The van der Waals surface area contributed by atoms with Crippen LogP contribution in [-0.2, 0) is 0 Å². The molecule has 0 atom stereocenters. The van der Waals surface area contributed by atoms with E-state index in [4.69, 9.17) is 19.4 Å². The number of para-hydroxylation sites is 1. The van der Waals surface area contributed by atoms with Gasteiger partial charge < -0.3 is 4.42 Å². The van der Waals surface area contributed by atoms with Gasteiger partial charge in [-0.1, -0.05) is 146 Å². The van der Waals surface area contributed by atoms with Crippen molar-refractivity contribution in [1.29, 1.82) is 0 Å². The van der Waals surface area contributed by atoms with Gasteiger partial charge in [-0.15, -0.1) is 11.3 Å². The number of thiophene rings is 1. The van der Waals surface area contributed by atoms with Gasteiger partial charge >= 0.3 is 0 Å². The first-order chi connectivity index (χ1) is 26.7. The summed E-state index contributed by atoms with van der Waals surface area (Å²) in [5, 5.41) is 7.07. The fourth-order valence-electron chi connectivity index (χ4n) is 7.69. The lowest BCUT2D eigenvalue weighted by Gasteiger charge is -2.12. The van der Waals surface area contributed by atoms with Gasteiger partial charge in [-0.3, -0.25) is 0 Å². The Balaban J connectivity index is 1.06. The predicted molar refractivity (Wildman–Crippen MR) is 225 cm³/mol. The molecule has 54 heavy (non-hydrogen) atoms. The predicted octanol–water partition coefficient (Wildman–Crippen LogP) is 13.6. The lowest BCUT2D eigenvalue weighted by atomic mass is 9.95. The maximum absolute atomic E-state index is 6.27. The number of hydrogen-bond acceptors (Lipinski definition) is 5. The maximum Gasteiger partial charge on any atom is 0.164 e. The van der Waals surface area contributed by atoms with E-state index >= 15 is 0 Å². The van der Waals surface area contributed by atoms with Crippen LogP contribution >= 0.6 is 11.3 Å². The summed E-state index contributed by atoms with van der Waals surface area (Å²) in [5.74, 6) is 1.82. The Morgan fingerprint density at radius 2 is 0.926 bits per heavy atom. The quantitative estimate of drug-likeness (QED) is 0.179. The number of furan rings is 1. The zero-order chi connectivity index (χ0) is 35.6. The molecule has 0 spiro atoms. The monoisotopic (exact) mass is 707 g/mol. The van der Waals surface area contributed by atoms with Gasteiger partial charge in [-0.05, 0) is 57.8 Å². The number of nitrogens with zero attached hydrogens (tertiary/aromatic N) is 3. The molecule has 0 saturated carbocycles. The van der Waals surface area contributed by atoms with Crippen LogP contribution in [0.5, 0.6) is 0 Å². The third-order valence-corrected chi connectivity index (χ3v) is 11.6. The summed E-state index contributed by atoms with van der Waals surface area (Å²) in [5.41, 5.74) is 9.14. The molecule has 4 nitrogen and oxygen atoms in total. The smallest absolute Gasteiger partial charge is 0.164 e. The molecule has 5 heteroatoms. The molecule has 8 aromatic carbocycles. The van der Waals surface area contributed by atoms with E-state index in [2.05, 4.69) is 146 Å². The van der Waals surface area contributed by atoms with Crippen LogP contribution in [0.3, 0.4) is 0 Å². The molecule has 0 aliphatic rings. The molecule has 3 heterocycles. The minimum absolute atomic E-state index is 0.592. The van der Waals surface area contributed by atoms with Crippen molar-refractivity contribution in [3.05, 3.63) is 176 Å². The Kier molecular flexibility index (Phi) is 7.00. The van der Waals surface area contributed by atoms with Crippen LogP contribution in [0.4, 0.5) is 0 Å². The van der Waals surface area contributed by atoms with Crippen LogP contribution in [0.1, 0.15) is 0 Å². The van der Waals surface area contributed by atoms with Gasteiger partial charge in [0.25, 0.3) is 0 Å². The zero-order valence-electron chi connectivity index (χ0n) is 28.9. The minimum Gasteiger partial charge on any atom is -0.456 e. The van der Waals surface area contributed by atoms with Crippen molar-refractivity contribution in [2.24, 2.45) is 0 Å². The van der Waals surface area contributed by atoms with Gasteiger partial charge in [0.15, 0.2) is 17.5 Å². The van der Waals surface area contributed by atoms with Crippen LogP contribution in [0, 0.1) is 0 Å². The number of benzene rings is 8. The molecule has 0 N–H and O–H groups in total. The first-order valence-corrected chi connectivity index (χ1v) is 18.8. The number of fused-ring (bicyclic) bond motifs is 7. The fraction of sp³-hybridized carbons (Fsp3) is 0. The van der Waals surface area contributed by atoms with E-state index in [1.165, 1.54) is 42.2 Å². The lowest BCUT2D eigenvalue weighted by Crippen LogP contribution is -2.00. The van der Waals surface area contributed by atoms with E-state index in [9.17, 15) is 0 Å². The highest BCUT2D eigenvalue weighted by atomic mass is 32.1. The summed E-state index contributed by atoms with van der Waals surface area (Å²) in [6.07, 6.45) is 0. The molecule has 0 aliphatic heterocycles. The normalized spacial score (nSPS) is 11.7. The highest BCUT2D eigenvalue weighted by Crippen LogP contribution is 2.42. The van der Waals surface area contributed by atoms with Crippen molar-refractivity contribution in [3.63, 3.8) is 0 Å². The molecule has 0 saturated heterocycles. The summed E-state index contributed by atoms with van der Waals surface area (Å²) in [4.78, 5) is 15.3. The average molecular weight is 708 g/mol. The molecule has 0 aliphatic carbocycles. The zero-order valence-corrected chi connectivity index (χ0v) is 29.7. The van der Waals surface area contributed by atoms with Crippen LogP contribution in [-0.4, -0.2) is 15.0 Å². The van der Waals surface area contributed by atoms with Crippen LogP contribution in [0.2, 0.25) is 0 Å². The van der Waals surface area contributed by atoms with Crippen molar-refractivity contribution in [1.82, 2.24) is 15.0 Å². The van der Waals surface area contributed by atoms with Crippen molar-refractivity contribution >= 4 is 64.2 Å². The number of rotatable bonds is 5. The van der Waals surface area contributed by atoms with Crippen LogP contribution in [0.25, 0.3) is 109 Å². The Bertz CT molecular complexity index is 3220. The van der Waals surface area contributed by atoms with E-state index in [0.29, 0.717) is 17.5 Å². The van der Waals surface area contributed by atoms with Crippen molar-refractivity contribution in [3.8, 4) is 56.4 Å². The van der Waals surface area contributed by atoms with Crippen LogP contribution < -0.4 is 0 Å². The molecule has 0 bridgehead atoms. The van der Waals surface area contributed by atoms with E-state index in [0.717, 1.165) is 49.6 Å². The highest BCUT2D eigenvalue weighted by Gasteiger charge is 2.17. The van der Waals surface area contributed by atoms with Gasteiger partial charge in [-0.25, -0.2) is 15.0 Å². The topological polar surface area (TPSA) is 51.8 Å². The van der Waals surface area contributed by atoms with Gasteiger partial charge in [0, 0.05) is 53.2 Å². The van der Waals surface area contributed by atoms with Crippen molar-refractivity contribution < 1.29 is 4.42 Å². The molecule has 0 fully saturated rings. The summed E-state index contributed by atoms with van der Waals surface area (Å²) >= 11 is 1.86. The van der Waals surface area contributed by atoms with Gasteiger partial charge in [0.1, 0.15) is 11.2 Å². The van der Waals surface area contributed by atoms with Crippen molar-refractivity contribution in [2.75, 3.05) is 0 Å². The summed E-state index contributed by atoms with van der Waals surface area (Å²) in [6.45, 7) is 0. The van der Waals surface area contributed by atoms with Crippen molar-refractivity contribution in [2.45, 2.75) is 0 Å². The first kappa shape index (κ1) is 30.7. The fourth-order valence-corrected chi connectivity index (χ4v) is 8.92. The second kappa shape index (κ2) is 12.3.